The van der Waals surface area contributed by atoms with E-state index in [1.807, 2.05) is 0 Å². The molecule has 17 heavy (non-hydrogen) atoms. The SMILES string of the molecule is C1CC2C(NCCN3CCSCC3)CCN2C1. The van der Waals surface area contributed by atoms with Gasteiger partial charge in [-0.25, -0.2) is 0 Å². The molecule has 0 amide bonds. The lowest BCUT2D eigenvalue weighted by Crippen LogP contribution is -2.44. The van der Waals surface area contributed by atoms with Crippen LogP contribution >= 0.6 is 11.8 Å². The fourth-order valence-corrected chi connectivity index (χ4v) is 4.53. The fourth-order valence-electron chi connectivity index (χ4n) is 3.55. The van der Waals surface area contributed by atoms with E-state index in [-0.39, 0.29) is 0 Å². The molecule has 3 fully saturated rings. The van der Waals surface area contributed by atoms with Gasteiger partial charge in [-0.3, -0.25) is 4.90 Å². The second-order valence-corrected chi connectivity index (χ2v) is 6.77. The molecule has 3 saturated heterocycles. The van der Waals surface area contributed by atoms with Crippen molar-refractivity contribution in [3.05, 3.63) is 0 Å². The van der Waals surface area contributed by atoms with Gasteiger partial charge in [0.05, 0.1) is 0 Å². The molecule has 0 aliphatic carbocycles. The average Bonchev–Trinajstić information content (AvgIpc) is 2.95. The highest BCUT2D eigenvalue weighted by atomic mass is 32.2. The molecular formula is C13H25N3S. The molecule has 0 radical (unpaired) electrons. The molecule has 3 aliphatic rings. The highest BCUT2D eigenvalue weighted by Crippen LogP contribution is 2.27. The first-order valence-corrected chi connectivity index (χ1v) is 8.36. The number of hydrogen-bond acceptors (Lipinski definition) is 4. The average molecular weight is 255 g/mol. The van der Waals surface area contributed by atoms with Crippen molar-refractivity contribution in [2.45, 2.75) is 31.3 Å². The Hall–Kier alpha value is 0.230. The minimum atomic E-state index is 0.789. The Kier molecular flexibility index (Phi) is 4.27. The Balaban J connectivity index is 1.36. The van der Waals surface area contributed by atoms with Crippen LogP contribution in [0.5, 0.6) is 0 Å². The van der Waals surface area contributed by atoms with E-state index >= 15 is 0 Å². The number of fused-ring (bicyclic) bond motifs is 1. The summed E-state index contributed by atoms with van der Waals surface area (Å²) in [5, 5.41) is 3.81. The molecule has 3 aliphatic heterocycles. The summed E-state index contributed by atoms with van der Waals surface area (Å²) < 4.78 is 0. The van der Waals surface area contributed by atoms with Crippen molar-refractivity contribution in [3.8, 4) is 0 Å². The first-order chi connectivity index (χ1) is 8.43. The van der Waals surface area contributed by atoms with Gasteiger partial charge in [-0.05, 0) is 25.8 Å². The molecule has 3 rings (SSSR count). The van der Waals surface area contributed by atoms with Gasteiger partial charge in [-0.15, -0.1) is 0 Å². The molecule has 2 atom stereocenters. The molecule has 3 heterocycles. The first kappa shape index (κ1) is 12.3. The summed E-state index contributed by atoms with van der Waals surface area (Å²) in [6.45, 7) is 7.73. The summed E-state index contributed by atoms with van der Waals surface area (Å²) in [7, 11) is 0. The smallest absolute Gasteiger partial charge is 0.0250 e. The van der Waals surface area contributed by atoms with E-state index in [1.165, 1.54) is 70.0 Å². The highest BCUT2D eigenvalue weighted by Gasteiger charge is 2.36. The molecular weight excluding hydrogens is 230 g/mol. The van der Waals surface area contributed by atoms with Crippen LogP contribution in [-0.2, 0) is 0 Å². The van der Waals surface area contributed by atoms with E-state index in [0.717, 1.165) is 12.1 Å². The highest BCUT2D eigenvalue weighted by molar-refractivity contribution is 7.99. The van der Waals surface area contributed by atoms with Crippen molar-refractivity contribution in [2.24, 2.45) is 0 Å². The van der Waals surface area contributed by atoms with Gasteiger partial charge in [0.2, 0.25) is 0 Å². The minimum Gasteiger partial charge on any atom is -0.311 e. The summed E-state index contributed by atoms with van der Waals surface area (Å²) in [6, 6.07) is 1.66. The van der Waals surface area contributed by atoms with Gasteiger partial charge < -0.3 is 10.2 Å². The molecule has 1 N–H and O–H groups in total. The van der Waals surface area contributed by atoms with Crippen LogP contribution in [-0.4, -0.2) is 72.7 Å². The lowest BCUT2D eigenvalue weighted by Gasteiger charge is -2.27. The third-order valence-electron chi connectivity index (χ3n) is 4.54. The van der Waals surface area contributed by atoms with Crippen LogP contribution < -0.4 is 5.32 Å². The van der Waals surface area contributed by atoms with Crippen LogP contribution in [0.4, 0.5) is 0 Å². The van der Waals surface area contributed by atoms with E-state index in [2.05, 4.69) is 26.9 Å². The summed E-state index contributed by atoms with van der Waals surface area (Å²) >= 11 is 2.10. The minimum absolute atomic E-state index is 0.789. The number of hydrogen-bond donors (Lipinski definition) is 1. The van der Waals surface area contributed by atoms with Gasteiger partial charge in [-0.1, -0.05) is 0 Å². The van der Waals surface area contributed by atoms with Gasteiger partial charge >= 0.3 is 0 Å². The molecule has 2 unspecified atom stereocenters. The number of nitrogens with zero attached hydrogens (tertiary/aromatic N) is 2. The maximum atomic E-state index is 3.81. The van der Waals surface area contributed by atoms with Crippen LogP contribution in [0.2, 0.25) is 0 Å². The third kappa shape index (κ3) is 2.98. The molecule has 0 bridgehead atoms. The fraction of sp³-hybridized carbons (Fsp3) is 1.00. The topological polar surface area (TPSA) is 18.5 Å². The van der Waals surface area contributed by atoms with Gasteiger partial charge in [-0.2, -0.15) is 11.8 Å². The Bertz CT molecular complexity index is 243. The maximum Gasteiger partial charge on any atom is 0.0250 e. The standard InChI is InChI=1S/C13H25N3S/c1-2-13-12(3-6-16(13)5-1)14-4-7-15-8-10-17-11-9-15/h12-14H,1-11H2. The van der Waals surface area contributed by atoms with Crippen LogP contribution in [0.15, 0.2) is 0 Å². The normalized spacial score (nSPS) is 35.3. The van der Waals surface area contributed by atoms with Crippen LogP contribution in [0.1, 0.15) is 19.3 Å². The zero-order valence-corrected chi connectivity index (χ0v) is 11.6. The molecule has 4 heteroatoms. The molecule has 98 valence electrons. The predicted octanol–water partition coefficient (Wildman–Crippen LogP) is 0.861. The molecule has 0 saturated carbocycles. The van der Waals surface area contributed by atoms with Gasteiger partial charge in [0.25, 0.3) is 0 Å². The molecule has 0 aromatic rings. The molecule has 3 nitrogen and oxygen atoms in total. The monoisotopic (exact) mass is 255 g/mol. The van der Waals surface area contributed by atoms with E-state index in [4.69, 9.17) is 0 Å². The van der Waals surface area contributed by atoms with E-state index < -0.39 is 0 Å². The van der Waals surface area contributed by atoms with Gasteiger partial charge in [0.15, 0.2) is 0 Å². The van der Waals surface area contributed by atoms with E-state index in [0.29, 0.717) is 0 Å². The molecule has 0 spiro atoms. The first-order valence-electron chi connectivity index (χ1n) is 7.21. The van der Waals surface area contributed by atoms with Gasteiger partial charge in [0, 0.05) is 56.3 Å². The second kappa shape index (κ2) is 5.91. The maximum absolute atomic E-state index is 3.81. The predicted molar refractivity (Wildman–Crippen MR) is 74.8 cm³/mol. The van der Waals surface area contributed by atoms with E-state index in [9.17, 15) is 0 Å². The lowest BCUT2D eigenvalue weighted by molar-refractivity contribution is 0.274. The third-order valence-corrected chi connectivity index (χ3v) is 5.49. The summed E-state index contributed by atoms with van der Waals surface area (Å²) in [5.74, 6) is 2.67. The van der Waals surface area contributed by atoms with Crippen LogP contribution in [0, 0.1) is 0 Å². The lowest BCUT2D eigenvalue weighted by atomic mass is 10.1. The van der Waals surface area contributed by atoms with Crippen LogP contribution in [0.3, 0.4) is 0 Å². The van der Waals surface area contributed by atoms with Crippen LogP contribution in [0.25, 0.3) is 0 Å². The van der Waals surface area contributed by atoms with Crippen molar-refractivity contribution in [1.82, 2.24) is 15.1 Å². The zero-order chi connectivity index (χ0) is 11.5. The summed E-state index contributed by atoms with van der Waals surface area (Å²) in [5.41, 5.74) is 0. The summed E-state index contributed by atoms with van der Waals surface area (Å²) in [4.78, 5) is 5.31. The van der Waals surface area contributed by atoms with E-state index in [1.54, 1.807) is 0 Å². The Morgan fingerprint density at radius 2 is 1.94 bits per heavy atom. The van der Waals surface area contributed by atoms with Gasteiger partial charge in [0.1, 0.15) is 0 Å². The molecule has 0 aromatic carbocycles. The Morgan fingerprint density at radius 1 is 1.06 bits per heavy atom. The number of nitrogens with one attached hydrogen (secondary N) is 1. The van der Waals surface area contributed by atoms with Crippen molar-refractivity contribution in [3.63, 3.8) is 0 Å². The zero-order valence-electron chi connectivity index (χ0n) is 10.7. The Labute approximate surface area is 109 Å². The van der Waals surface area contributed by atoms with Crippen molar-refractivity contribution >= 4 is 11.8 Å². The largest absolute Gasteiger partial charge is 0.311 e. The second-order valence-electron chi connectivity index (χ2n) is 5.55. The quantitative estimate of drug-likeness (QED) is 0.803. The van der Waals surface area contributed by atoms with Crippen molar-refractivity contribution in [2.75, 3.05) is 50.8 Å². The number of thioether (sulfide) groups is 1. The summed E-state index contributed by atoms with van der Waals surface area (Å²) in [6.07, 6.45) is 4.23. The van der Waals surface area contributed by atoms with Crippen molar-refractivity contribution in [1.29, 1.82) is 0 Å². The Morgan fingerprint density at radius 3 is 2.82 bits per heavy atom. The van der Waals surface area contributed by atoms with Crippen molar-refractivity contribution < 1.29 is 0 Å². The molecule has 0 aromatic heterocycles. The number of rotatable bonds is 4.